The van der Waals surface area contributed by atoms with Gasteiger partial charge in [0.15, 0.2) is 0 Å². The van der Waals surface area contributed by atoms with Gasteiger partial charge < -0.3 is 10.0 Å². The van der Waals surface area contributed by atoms with E-state index in [-0.39, 0.29) is 29.8 Å². The Morgan fingerprint density at radius 3 is 1.95 bits per heavy atom. The summed E-state index contributed by atoms with van der Waals surface area (Å²) in [5.74, 6) is 0.416. The fourth-order valence-electron chi connectivity index (χ4n) is 6.04. The lowest BCUT2D eigenvalue weighted by molar-refractivity contribution is -0.137. The molecule has 2 aromatic carbocycles. The molecule has 1 N–H and O–H groups in total. The van der Waals surface area contributed by atoms with Crippen molar-refractivity contribution in [2.24, 2.45) is 11.8 Å². The molecule has 0 radical (unpaired) electrons. The van der Waals surface area contributed by atoms with Crippen LogP contribution in [0.15, 0.2) is 48.5 Å². The number of hydrogen-bond donors (Lipinski definition) is 1. The van der Waals surface area contributed by atoms with Gasteiger partial charge in [-0.15, -0.1) is 11.6 Å². The maximum absolute atomic E-state index is 12.5. The van der Waals surface area contributed by atoms with Gasteiger partial charge in [-0.1, -0.05) is 64.5 Å². The molecule has 2 aromatic rings. The van der Waals surface area contributed by atoms with Gasteiger partial charge in [0.05, 0.1) is 5.38 Å². The molecule has 0 heterocycles. The Morgan fingerprint density at radius 2 is 1.37 bits per heavy atom. The minimum atomic E-state index is -0.696. The average molecular weight is 605 g/mol. The summed E-state index contributed by atoms with van der Waals surface area (Å²) in [5, 5.41) is 8.76. The molecule has 0 fully saturated rings. The number of amides is 1. The Hall–Kier alpha value is -1.85. The fraction of sp³-hybridized carbons (Fsp3) is 0.562. The van der Waals surface area contributed by atoms with E-state index in [1.807, 2.05) is 11.0 Å². The first kappa shape index (κ1) is 30.7. The van der Waals surface area contributed by atoms with Crippen LogP contribution in [0.4, 0.5) is 0 Å². The van der Waals surface area contributed by atoms with E-state index in [0.29, 0.717) is 23.1 Å². The Kier molecular flexibility index (Phi) is 11.7. The van der Waals surface area contributed by atoms with Crippen LogP contribution in [0.25, 0.3) is 0 Å². The van der Waals surface area contributed by atoms with Crippen molar-refractivity contribution in [2.45, 2.75) is 101 Å². The third-order valence-electron chi connectivity index (χ3n) is 7.96. The molecule has 0 aromatic heterocycles. The first-order valence-corrected chi connectivity index (χ1v) is 15.4. The van der Waals surface area contributed by atoms with Crippen LogP contribution >= 0.6 is 27.5 Å². The standard InChI is InChI=1S/C19H28ClNO.C13H15BrO2/c1-13(2)21(14(3)4)18(22)12-11-16-10-9-15-7-5-6-8-17(15)19(16)20;14-13-10(7-8-12(15)16)6-5-9-3-1-2-4-11(9)13/h5-8,13-14,16,19H,9-12H2,1-4H3;1-4,10,13H,5-8H2,(H,15,16). The minimum Gasteiger partial charge on any atom is -0.481 e. The zero-order chi connectivity index (χ0) is 27.8. The first-order valence-electron chi connectivity index (χ1n) is 14.1. The number of halogens is 2. The number of rotatable bonds is 8. The van der Waals surface area contributed by atoms with Gasteiger partial charge in [-0.05, 0) is 100 Å². The van der Waals surface area contributed by atoms with E-state index in [9.17, 15) is 9.59 Å². The predicted octanol–water partition coefficient (Wildman–Crippen LogP) is 8.50. The van der Waals surface area contributed by atoms with Crippen molar-refractivity contribution in [3.8, 4) is 0 Å². The summed E-state index contributed by atoms with van der Waals surface area (Å²) in [6.07, 6.45) is 6.85. The van der Waals surface area contributed by atoms with E-state index >= 15 is 0 Å². The monoisotopic (exact) mass is 603 g/mol. The van der Waals surface area contributed by atoms with Crippen molar-refractivity contribution in [3.05, 3.63) is 70.8 Å². The molecule has 208 valence electrons. The van der Waals surface area contributed by atoms with Gasteiger partial charge >= 0.3 is 5.97 Å². The zero-order valence-corrected chi connectivity index (χ0v) is 25.5. The quantitative estimate of drug-likeness (QED) is 0.307. The maximum atomic E-state index is 12.5. The van der Waals surface area contributed by atoms with Gasteiger partial charge in [-0.3, -0.25) is 9.59 Å². The summed E-state index contributed by atoms with van der Waals surface area (Å²) in [7, 11) is 0. The third kappa shape index (κ3) is 8.08. The largest absolute Gasteiger partial charge is 0.481 e. The summed E-state index contributed by atoms with van der Waals surface area (Å²) < 4.78 is 0. The van der Waals surface area contributed by atoms with E-state index in [2.05, 4.69) is 86.1 Å². The van der Waals surface area contributed by atoms with Crippen molar-refractivity contribution >= 4 is 39.4 Å². The number of fused-ring (bicyclic) bond motifs is 2. The van der Waals surface area contributed by atoms with Crippen LogP contribution in [0.2, 0.25) is 0 Å². The highest BCUT2D eigenvalue weighted by Crippen LogP contribution is 2.43. The van der Waals surface area contributed by atoms with E-state index in [4.69, 9.17) is 16.7 Å². The summed E-state index contributed by atoms with van der Waals surface area (Å²) in [6, 6.07) is 17.4. The second-order valence-corrected chi connectivity index (χ2v) is 12.7. The lowest BCUT2D eigenvalue weighted by Crippen LogP contribution is -2.42. The third-order valence-corrected chi connectivity index (χ3v) is 9.79. The highest BCUT2D eigenvalue weighted by molar-refractivity contribution is 9.09. The molecule has 0 saturated carbocycles. The Balaban J connectivity index is 0.000000221. The molecule has 0 spiro atoms. The molecule has 2 aliphatic carbocycles. The highest BCUT2D eigenvalue weighted by Gasteiger charge is 2.29. The first-order chi connectivity index (χ1) is 18.1. The number of aryl methyl sites for hydroxylation is 2. The van der Waals surface area contributed by atoms with E-state index < -0.39 is 5.97 Å². The molecule has 6 heteroatoms. The van der Waals surface area contributed by atoms with Crippen LogP contribution in [0.5, 0.6) is 0 Å². The molecule has 4 nitrogen and oxygen atoms in total. The molecule has 2 aliphatic rings. The van der Waals surface area contributed by atoms with Gasteiger partial charge in [0.2, 0.25) is 5.91 Å². The van der Waals surface area contributed by atoms with Gasteiger partial charge in [-0.2, -0.15) is 0 Å². The number of nitrogens with zero attached hydrogens (tertiary/aromatic N) is 1. The second-order valence-electron chi connectivity index (χ2n) is 11.3. The summed E-state index contributed by atoms with van der Waals surface area (Å²) in [5.41, 5.74) is 5.37. The Bertz CT molecular complexity index is 1060. The highest BCUT2D eigenvalue weighted by atomic mass is 79.9. The molecule has 38 heavy (non-hydrogen) atoms. The Labute approximate surface area is 242 Å². The average Bonchev–Trinajstić information content (AvgIpc) is 2.88. The van der Waals surface area contributed by atoms with E-state index in [1.165, 1.54) is 22.3 Å². The molecule has 0 aliphatic heterocycles. The van der Waals surface area contributed by atoms with Crippen molar-refractivity contribution in [1.29, 1.82) is 0 Å². The van der Waals surface area contributed by atoms with Crippen LogP contribution in [0.3, 0.4) is 0 Å². The summed E-state index contributed by atoms with van der Waals surface area (Å²) >= 11 is 10.4. The van der Waals surface area contributed by atoms with Crippen LogP contribution in [0, 0.1) is 11.8 Å². The lowest BCUT2D eigenvalue weighted by atomic mass is 9.81. The van der Waals surface area contributed by atoms with Crippen LogP contribution in [0.1, 0.15) is 98.7 Å². The van der Waals surface area contributed by atoms with Crippen LogP contribution < -0.4 is 0 Å². The second kappa shape index (κ2) is 14.5. The molecule has 1 amide bonds. The Morgan fingerprint density at radius 1 is 0.868 bits per heavy atom. The number of carbonyl (C=O) groups is 2. The number of carbonyl (C=O) groups excluding carboxylic acids is 1. The van der Waals surface area contributed by atoms with Crippen LogP contribution in [-0.2, 0) is 22.4 Å². The van der Waals surface area contributed by atoms with Crippen LogP contribution in [-0.4, -0.2) is 34.0 Å². The van der Waals surface area contributed by atoms with Gasteiger partial charge in [0, 0.05) is 29.8 Å². The normalized spacial score (nSPS) is 22.2. The molecular weight excluding hydrogens is 562 g/mol. The number of aliphatic carboxylic acids is 1. The number of hydrogen-bond acceptors (Lipinski definition) is 2. The molecule has 4 rings (SSSR count). The van der Waals surface area contributed by atoms with Crippen molar-refractivity contribution < 1.29 is 14.7 Å². The SMILES string of the molecule is CC(C)N(C(=O)CCC1CCc2ccccc2C1Cl)C(C)C.O=C(O)CCC1CCc2ccccc2C1Br. The van der Waals surface area contributed by atoms with Gasteiger partial charge in [-0.25, -0.2) is 0 Å². The molecular formula is C32H43BrClNO3. The van der Waals surface area contributed by atoms with Gasteiger partial charge in [0.1, 0.15) is 0 Å². The van der Waals surface area contributed by atoms with Crippen molar-refractivity contribution in [1.82, 2.24) is 4.90 Å². The number of carboxylic acid groups (broad SMARTS) is 1. The summed E-state index contributed by atoms with van der Waals surface area (Å²) in [4.78, 5) is 25.4. The van der Waals surface area contributed by atoms with Crippen molar-refractivity contribution in [3.63, 3.8) is 0 Å². The summed E-state index contributed by atoms with van der Waals surface area (Å²) in [6.45, 7) is 8.33. The zero-order valence-electron chi connectivity index (χ0n) is 23.2. The molecule has 0 saturated heterocycles. The molecule has 4 unspecified atom stereocenters. The minimum absolute atomic E-state index is 0.0456. The predicted molar refractivity (Wildman–Crippen MR) is 160 cm³/mol. The number of alkyl halides is 2. The molecule has 4 atom stereocenters. The van der Waals surface area contributed by atoms with E-state index in [1.54, 1.807) is 0 Å². The fourth-order valence-corrected chi connectivity index (χ4v) is 7.48. The topological polar surface area (TPSA) is 57.6 Å². The van der Waals surface area contributed by atoms with Crippen molar-refractivity contribution in [2.75, 3.05) is 0 Å². The molecule has 0 bridgehead atoms. The van der Waals surface area contributed by atoms with E-state index in [0.717, 1.165) is 38.5 Å². The van der Waals surface area contributed by atoms with Gasteiger partial charge in [0.25, 0.3) is 0 Å². The number of carboxylic acids is 1. The maximum Gasteiger partial charge on any atom is 0.303 e. The smallest absolute Gasteiger partial charge is 0.303 e. The lowest BCUT2D eigenvalue weighted by Gasteiger charge is -2.33. The number of benzene rings is 2.